The highest BCUT2D eigenvalue weighted by atomic mass is 16.5. The zero-order chi connectivity index (χ0) is 15.9. The average molecular weight is 298 g/mol. The number of hydrogen-bond donors (Lipinski definition) is 1. The van der Waals surface area contributed by atoms with Gasteiger partial charge in [0.2, 0.25) is 0 Å². The molecule has 1 fully saturated rings. The molecule has 0 amide bonds. The van der Waals surface area contributed by atoms with Gasteiger partial charge in [-0.3, -0.25) is 4.79 Å². The molecule has 1 aliphatic heterocycles. The first-order valence-electron chi connectivity index (χ1n) is 8.51. The Hall–Kier alpha value is -0.610. The topological polar surface area (TPSA) is 41.6 Å². The average Bonchev–Trinajstić information content (AvgIpc) is 2.47. The molecule has 1 atom stereocenters. The van der Waals surface area contributed by atoms with E-state index in [1.807, 2.05) is 20.9 Å². The summed E-state index contributed by atoms with van der Waals surface area (Å²) >= 11 is 0. The second-order valence-electron chi connectivity index (χ2n) is 6.83. The fourth-order valence-electron chi connectivity index (χ4n) is 3.12. The van der Waals surface area contributed by atoms with Gasteiger partial charge < -0.3 is 15.0 Å². The minimum Gasteiger partial charge on any atom is -0.465 e. The molecule has 1 heterocycles. The first-order valence-corrected chi connectivity index (χ1v) is 8.51. The Morgan fingerprint density at radius 3 is 2.48 bits per heavy atom. The van der Waals surface area contributed by atoms with Crippen molar-refractivity contribution in [3.05, 3.63) is 0 Å². The first-order chi connectivity index (χ1) is 9.92. The largest absolute Gasteiger partial charge is 0.465 e. The van der Waals surface area contributed by atoms with E-state index in [0.29, 0.717) is 6.61 Å². The molecule has 0 saturated carbocycles. The van der Waals surface area contributed by atoms with Crippen LogP contribution in [0.2, 0.25) is 0 Å². The van der Waals surface area contributed by atoms with Crippen LogP contribution in [0.25, 0.3) is 0 Å². The predicted molar refractivity (Wildman–Crippen MR) is 87.3 cm³/mol. The van der Waals surface area contributed by atoms with Crippen molar-refractivity contribution in [3.8, 4) is 0 Å². The lowest BCUT2D eigenvalue weighted by Crippen LogP contribution is -2.49. The Bertz CT molecular complexity index is 312. The van der Waals surface area contributed by atoms with E-state index in [1.54, 1.807) is 0 Å². The summed E-state index contributed by atoms with van der Waals surface area (Å²) in [6, 6.07) is 0. The Balaban J connectivity index is 2.31. The van der Waals surface area contributed by atoms with Crippen LogP contribution in [0.3, 0.4) is 0 Å². The zero-order valence-corrected chi connectivity index (χ0v) is 14.6. The van der Waals surface area contributed by atoms with Crippen LogP contribution in [0.4, 0.5) is 0 Å². The number of esters is 1. The highest BCUT2D eigenvalue weighted by Crippen LogP contribution is 2.25. The highest BCUT2D eigenvalue weighted by Gasteiger charge is 2.32. The number of piperidine rings is 1. The predicted octanol–water partition coefficient (Wildman–Crippen LogP) is 2.68. The Kier molecular flexibility index (Phi) is 7.67. The lowest BCUT2D eigenvalue weighted by atomic mass is 9.86. The quantitative estimate of drug-likeness (QED) is 0.700. The van der Waals surface area contributed by atoms with Crippen LogP contribution in [-0.4, -0.2) is 49.7 Å². The van der Waals surface area contributed by atoms with Crippen molar-refractivity contribution in [2.24, 2.45) is 11.8 Å². The van der Waals surface area contributed by atoms with E-state index in [9.17, 15) is 4.79 Å². The number of nitrogens with zero attached hydrogens (tertiary/aromatic N) is 1. The lowest BCUT2D eigenvalue weighted by Gasteiger charge is -2.34. The molecule has 124 valence electrons. The maximum Gasteiger partial charge on any atom is 0.326 e. The molecule has 0 aromatic heterocycles. The van der Waals surface area contributed by atoms with Gasteiger partial charge in [0.15, 0.2) is 0 Å². The molecule has 1 aliphatic rings. The van der Waals surface area contributed by atoms with Crippen LogP contribution >= 0.6 is 0 Å². The van der Waals surface area contributed by atoms with Crippen molar-refractivity contribution in [2.75, 3.05) is 33.3 Å². The lowest BCUT2D eigenvalue weighted by molar-refractivity contribution is -0.150. The minimum absolute atomic E-state index is 0.133. The summed E-state index contributed by atoms with van der Waals surface area (Å²) in [4.78, 5) is 14.5. The van der Waals surface area contributed by atoms with Crippen LogP contribution in [0, 0.1) is 11.8 Å². The number of carbonyl (C=O) groups is 1. The smallest absolute Gasteiger partial charge is 0.326 e. The van der Waals surface area contributed by atoms with E-state index in [1.165, 1.54) is 25.9 Å². The second kappa shape index (κ2) is 8.74. The molecule has 0 spiro atoms. The van der Waals surface area contributed by atoms with E-state index >= 15 is 0 Å². The summed E-state index contributed by atoms with van der Waals surface area (Å²) < 4.78 is 5.17. The number of hydrogen-bond acceptors (Lipinski definition) is 4. The minimum atomic E-state index is -0.549. The third kappa shape index (κ3) is 5.59. The molecule has 4 heteroatoms. The Morgan fingerprint density at radius 1 is 1.38 bits per heavy atom. The van der Waals surface area contributed by atoms with Gasteiger partial charge in [-0.1, -0.05) is 13.8 Å². The van der Waals surface area contributed by atoms with E-state index in [4.69, 9.17) is 4.74 Å². The molecule has 0 bridgehead atoms. The molecule has 4 nitrogen and oxygen atoms in total. The molecule has 1 unspecified atom stereocenters. The summed E-state index contributed by atoms with van der Waals surface area (Å²) in [6.07, 6.45) is 4.49. The fraction of sp³-hybridized carbons (Fsp3) is 0.941. The molecule has 0 aromatic carbocycles. The normalized spacial score (nSPS) is 20.5. The number of likely N-dealkylation sites (N-methyl/N-ethyl adjacent to an activating group) is 1. The summed E-state index contributed by atoms with van der Waals surface area (Å²) in [7, 11) is 1.84. The molecule has 1 rings (SSSR count). The van der Waals surface area contributed by atoms with Crippen LogP contribution in [0.5, 0.6) is 0 Å². The summed E-state index contributed by atoms with van der Waals surface area (Å²) in [6.45, 7) is 12.4. The maximum absolute atomic E-state index is 12.0. The monoisotopic (exact) mass is 298 g/mol. The van der Waals surface area contributed by atoms with Gasteiger partial charge >= 0.3 is 5.97 Å². The summed E-state index contributed by atoms with van der Waals surface area (Å²) in [5.74, 6) is 1.57. The van der Waals surface area contributed by atoms with E-state index in [2.05, 4.69) is 24.1 Å². The van der Waals surface area contributed by atoms with Crippen LogP contribution in [-0.2, 0) is 9.53 Å². The van der Waals surface area contributed by atoms with Gasteiger partial charge in [0.1, 0.15) is 5.54 Å². The van der Waals surface area contributed by atoms with Gasteiger partial charge in [0.25, 0.3) is 0 Å². The zero-order valence-electron chi connectivity index (χ0n) is 14.6. The molecule has 0 aliphatic carbocycles. The molecular formula is C17H34N2O2. The van der Waals surface area contributed by atoms with Crippen LogP contribution < -0.4 is 5.32 Å². The standard InChI is InChI=1S/C17H34N2O2/c1-6-21-16(20)17(4,18-5)10-7-11-19-12-8-15(9-13-19)14(2)3/h14-15,18H,6-13H2,1-5H3. The molecule has 0 radical (unpaired) electrons. The van der Waals surface area contributed by atoms with Crippen LogP contribution in [0.15, 0.2) is 0 Å². The highest BCUT2D eigenvalue weighted by molar-refractivity contribution is 5.80. The van der Waals surface area contributed by atoms with Gasteiger partial charge in [0.05, 0.1) is 6.61 Å². The fourth-order valence-corrected chi connectivity index (χ4v) is 3.12. The number of ether oxygens (including phenoxy) is 1. The van der Waals surface area contributed by atoms with Gasteiger partial charge in [-0.15, -0.1) is 0 Å². The van der Waals surface area contributed by atoms with E-state index < -0.39 is 5.54 Å². The molecule has 21 heavy (non-hydrogen) atoms. The van der Waals surface area contributed by atoms with Crippen molar-refractivity contribution in [2.45, 2.75) is 58.9 Å². The number of carbonyl (C=O) groups excluding carboxylic acids is 1. The van der Waals surface area contributed by atoms with Crippen molar-refractivity contribution in [1.29, 1.82) is 0 Å². The van der Waals surface area contributed by atoms with Crippen molar-refractivity contribution < 1.29 is 9.53 Å². The Morgan fingerprint density at radius 2 is 2.00 bits per heavy atom. The molecular weight excluding hydrogens is 264 g/mol. The number of likely N-dealkylation sites (tertiary alicyclic amines) is 1. The maximum atomic E-state index is 12.0. The summed E-state index contributed by atoms with van der Waals surface area (Å²) in [5, 5.41) is 3.13. The first kappa shape index (κ1) is 18.4. The van der Waals surface area contributed by atoms with Gasteiger partial charge in [0, 0.05) is 0 Å². The SMILES string of the molecule is CCOC(=O)C(C)(CCCN1CCC(C(C)C)CC1)NC. The van der Waals surface area contributed by atoms with E-state index in [-0.39, 0.29) is 5.97 Å². The van der Waals surface area contributed by atoms with Gasteiger partial charge in [-0.05, 0) is 78.0 Å². The van der Waals surface area contributed by atoms with Gasteiger partial charge in [-0.2, -0.15) is 0 Å². The Labute approximate surface area is 130 Å². The van der Waals surface area contributed by atoms with E-state index in [0.717, 1.165) is 31.2 Å². The number of rotatable bonds is 8. The van der Waals surface area contributed by atoms with Crippen molar-refractivity contribution in [3.63, 3.8) is 0 Å². The van der Waals surface area contributed by atoms with Crippen molar-refractivity contribution >= 4 is 5.97 Å². The molecule has 0 aromatic rings. The summed E-state index contributed by atoms with van der Waals surface area (Å²) in [5.41, 5.74) is -0.549. The third-order valence-electron chi connectivity index (χ3n) is 5.00. The second-order valence-corrected chi connectivity index (χ2v) is 6.83. The number of nitrogens with one attached hydrogen (secondary N) is 1. The third-order valence-corrected chi connectivity index (χ3v) is 5.00. The molecule has 1 saturated heterocycles. The molecule has 1 N–H and O–H groups in total. The van der Waals surface area contributed by atoms with Gasteiger partial charge in [-0.25, -0.2) is 0 Å². The van der Waals surface area contributed by atoms with Crippen molar-refractivity contribution in [1.82, 2.24) is 10.2 Å². The van der Waals surface area contributed by atoms with Crippen LogP contribution in [0.1, 0.15) is 53.4 Å².